The van der Waals surface area contributed by atoms with E-state index in [1.54, 1.807) is 4.90 Å². The highest BCUT2D eigenvalue weighted by Crippen LogP contribution is 2.21. The Labute approximate surface area is 152 Å². The van der Waals surface area contributed by atoms with E-state index in [1.807, 2.05) is 14.0 Å². The third kappa shape index (κ3) is 7.12. The second-order valence-electron chi connectivity index (χ2n) is 7.27. The monoisotopic (exact) mass is 352 g/mol. The van der Waals surface area contributed by atoms with Crippen LogP contribution in [-0.2, 0) is 4.74 Å². The van der Waals surface area contributed by atoms with E-state index < -0.39 is 0 Å². The molecule has 1 heterocycles. The molecule has 2 rings (SSSR count). The number of guanidine groups is 1. The summed E-state index contributed by atoms with van der Waals surface area (Å²) >= 11 is 0. The van der Waals surface area contributed by atoms with Crippen LogP contribution in [0.25, 0.3) is 0 Å². The van der Waals surface area contributed by atoms with Crippen LogP contribution in [-0.4, -0.2) is 56.3 Å². The second kappa shape index (κ2) is 11.2. The van der Waals surface area contributed by atoms with Gasteiger partial charge in [0, 0.05) is 32.7 Å². The first-order chi connectivity index (χ1) is 12.2. The number of nitrogens with one attached hydrogen (secondary N) is 2. The van der Waals surface area contributed by atoms with Gasteiger partial charge in [-0.1, -0.05) is 32.1 Å². The van der Waals surface area contributed by atoms with Gasteiger partial charge in [0.25, 0.3) is 0 Å². The zero-order chi connectivity index (χ0) is 17.9. The lowest BCUT2D eigenvalue weighted by molar-refractivity contribution is 0.0963. The number of carbonyl (C=O) groups is 1. The molecule has 0 unspecified atom stereocenters. The highest BCUT2D eigenvalue weighted by molar-refractivity contribution is 5.80. The maximum absolute atomic E-state index is 11.8. The summed E-state index contributed by atoms with van der Waals surface area (Å²) in [6.45, 7) is 4.79. The number of nitrogens with zero attached hydrogens (tertiary/aromatic N) is 2. The van der Waals surface area contributed by atoms with E-state index in [0.717, 1.165) is 44.4 Å². The Morgan fingerprint density at radius 3 is 2.32 bits per heavy atom. The molecule has 1 saturated carbocycles. The molecule has 1 amide bonds. The minimum absolute atomic E-state index is 0.187. The maximum atomic E-state index is 11.8. The van der Waals surface area contributed by atoms with Crippen molar-refractivity contribution in [1.82, 2.24) is 15.5 Å². The molecule has 0 aromatic carbocycles. The zero-order valence-electron chi connectivity index (χ0n) is 16.1. The minimum atomic E-state index is -0.187. The van der Waals surface area contributed by atoms with Crippen molar-refractivity contribution in [2.75, 3.05) is 33.3 Å². The molecule has 0 spiro atoms. The number of likely N-dealkylation sites (tertiary alicyclic amines) is 1. The Bertz CT molecular complexity index is 412. The average Bonchev–Trinajstić information content (AvgIpc) is 2.60. The maximum Gasteiger partial charge on any atom is 0.409 e. The van der Waals surface area contributed by atoms with Crippen molar-refractivity contribution in [2.24, 2.45) is 10.9 Å². The van der Waals surface area contributed by atoms with Gasteiger partial charge >= 0.3 is 6.09 Å². The molecule has 0 aromatic heterocycles. The van der Waals surface area contributed by atoms with Gasteiger partial charge in [-0.2, -0.15) is 0 Å². The summed E-state index contributed by atoms with van der Waals surface area (Å²) in [4.78, 5) is 17.9. The standard InChI is InChI=1S/C19H36N4O2/c1-3-25-19(24)23-13-11-17(12-14-23)22-18(20-2)21-15-16-9-7-5-4-6-8-10-16/h16-17H,3-15H2,1-2H3,(H2,20,21,22). The van der Waals surface area contributed by atoms with Gasteiger partial charge in [-0.15, -0.1) is 0 Å². The van der Waals surface area contributed by atoms with Gasteiger partial charge < -0.3 is 20.3 Å². The Morgan fingerprint density at radius 1 is 1.08 bits per heavy atom. The molecule has 2 aliphatic rings. The lowest BCUT2D eigenvalue weighted by Gasteiger charge is -2.32. The number of piperidine rings is 1. The normalized spacial score (nSPS) is 21.4. The molecule has 1 aliphatic carbocycles. The summed E-state index contributed by atoms with van der Waals surface area (Å²) in [7, 11) is 1.83. The summed E-state index contributed by atoms with van der Waals surface area (Å²) in [6, 6.07) is 0.370. The SMILES string of the molecule is CCOC(=O)N1CCC(NC(=NC)NCC2CCCCCCC2)CC1. The lowest BCUT2D eigenvalue weighted by atomic mass is 9.91. The van der Waals surface area contributed by atoms with E-state index in [2.05, 4.69) is 15.6 Å². The van der Waals surface area contributed by atoms with Crippen LogP contribution in [0.4, 0.5) is 4.79 Å². The molecule has 0 atom stereocenters. The van der Waals surface area contributed by atoms with Crippen molar-refractivity contribution in [1.29, 1.82) is 0 Å². The molecule has 2 fully saturated rings. The fourth-order valence-corrected chi connectivity index (χ4v) is 3.79. The molecule has 25 heavy (non-hydrogen) atoms. The van der Waals surface area contributed by atoms with Crippen molar-refractivity contribution in [3.05, 3.63) is 0 Å². The van der Waals surface area contributed by atoms with E-state index in [1.165, 1.54) is 44.9 Å². The lowest BCUT2D eigenvalue weighted by Crippen LogP contribution is -2.50. The predicted molar refractivity (Wildman–Crippen MR) is 102 cm³/mol. The van der Waals surface area contributed by atoms with Crippen LogP contribution in [0.5, 0.6) is 0 Å². The first-order valence-electron chi connectivity index (χ1n) is 10.1. The molecule has 0 bridgehead atoms. The number of hydrogen-bond acceptors (Lipinski definition) is 3. The fourth-order valence-electron chi connectivity index (χ4n) is 3.79. The number of aliphatic imine (C=N–C) groups is 1. The second-order valence-corrected chi connectivity index (χ2v) is 7.27. The minimum Gasteiger partial charge on any atom is -0.450 e. The smallest absolute Gasteiger partial charge is 0.409 e. The summed E-state index contributed by atoms with van der Waals surface area (Å²) in [5, 5.41) is 7.05. The van der Waals surface area contributed by atoms with Crippen molar-refractivity contribution in [2.45, 2.75) is 70.8 Å². The third-order valence-electron chi connectivity index (χ3n) is 5.37. The summed E-state index contributed by atoms with van der Waals surface area (Å²) in [5.74, 6) is 1.67. The van der Waals surface area contributed by atoms with Crippen molar-refractivity contribution in [3.63, 3.8) is 0 Å². The molecule has 1 aliphatic heterocycles. The average molecular weight is 353 g/mol. The van der Waals surface area contributed by atoms with Gasteiger partial charge in [-0.3, -0.25) is 4.99 Å². The van der Waals surface area contributed by atoms with Gasteiger partial charge in [0.1, 0.15) is 0 Å². The fraction of sp³-hybridized carbons (Fsp3) is 0.895. The Morgan fingerprint density at radius 2 is 1.72 bits per heavy atom. The van der Waals surface area contributed by atoms with Gasteiger partial charge in [-0.05, 0) is 38.5 Å². The summed E-state index contributed by atoms with van der Waals surface area (Å²) in [5.41, 5.74) is 0. The van der Waals surface area contributed by atoms with E-state index in [4.69, 9.17) is 4.74 Å². The molecular formula is C19H36N4O2. The van der Waals surface area contributed by atoms with Crippen LogP contribution in [0.2, 0.25) is 0 Å². The van der Waals surface area contributed by atoms with Gasteiger partial charge in [0.05, 0.1) is 6.61 Å². The largest absolute Gasteiger partial charge is 0.450 e. The Kier molecular flexibility index (Phi) is 8.91. The third-order valence-corrected chi connectivity index (χ3v) is 5.37. The predicted octanol–water partition coefficient (Wildman–Crippen LogP) is 3.13. The van der Waals surface area contributed by atoms with Crippen molar-refractivity contribution in [3.8, 4) is 0 Å². The van der Waals surface area contributed by atoms with Gasteiger partial charge in [0.15, 0.2) is 5.96 Å². The first-order valence-corrected chi connectivity index (χ1v) is 10.1. The van der Waals surface area contributed by atoms with Crippen LogP contribution in [0.1, 0.15) is 64.7 Å². The number of carbonyl (C=O) groups excluding carboxylic acids is 1. The summed E-state index contributed by atoms with van der Waals surface area (Å²) in [6.07, 6.45) is 11.3. The number of hydrogen-bond donors (Lipinski definition) is 2. The Hall–Kier alpha value is -1.46. The molecule has 0 radical (unpaired) electrons. The van der Waals surface area contributed by atoms with Gasteiger partial charge in [-0.25, -0.2) is 4.79 Å². The van der Waals surface area contributed by atoms with Crippen LogP contribution in [0.3, 0.4) is 0 Å². The van der Waals surface area contributed by atoms with E-state index >= 15 is 0 Å². The molecule has 2 N–H and O–H groups in total. The molecule has 1 saturated heterocycles. The molecule has 144 valence electrons. The van der Waals surface area contributed by atoms with Crippen LogP contribution in [0, 0.1) is 5.92 Å². The number of rotatable bonds is 4. The quantitative estimate of drug-likeness (QED) is 0.603. The number of amides is 1. The first kappa shape index (κ1) is 19.9. The van der Waals surface area contributed by atoms with Crippen LogP contribution in [0.15, 0.2) is 4.99 Å². The van der Waals surface area contributed by atoms with E-state index in [9.17, 15) is 4.79 Å². The highest BCUT2D eigenvalue weighted by Gasteiger charge is 2.24. The number of ether oxygens (including phenoxy) is 1. The Balaban J connectivity index is 1.69. The van der Waals surface area contributed by atoms with Gasteiger partial charge in [0.2, 0.25) is 0 Å². The van der Waals surface area contributed by atoms with Crippen LogP contribution < -0.4 is 10.6 Å². The molecular weight excluding hydrogens is 316 g/mol. The van der Waals surface area contributed by atoms with Crippen molar-refractivity contribution >= 4 is 12.1 Å². The zero-order valence-corrected chi connectivity index (χ0v) is 16.1. The highest BCUT2D eigenvalue weighted by atomic mass is 16.6. The molecule has 6 heteroatoms. The van der Waals surface area contributed by atoms with Crippen molar-refractivity contribution < 1.29 is 9.53 Å². The molecule has 0 aromatic rings. The van der Waals surface area contributed by atoms with E-state index in [-0.39, 0.29) is 6.09 Å². The topological polar surface area (TPSA) is 66.0 Å². The molecule has 6 nitrogen and oxygen atoms in total. The van der Waals surface area contributed by atoms with Crippen LogP contribution >= 0.6 is 0 Å². The van der Waals surface area contributed by atoms with E-state index in [0.29, 0.717) is 12.6 Å². The summed E-state index contributed by atoms with van der Waals surface area (Å²) < 4.78 is 5.07.